The molecule has 1 aliphatic carbocycles. The monoisotopic (exact) mass is 247 g/mol. The van der Waals surface area contributed by atoms with E-state index in [0.29, 0.717) is 0 Å². The van der Waals surface area contributed by atoms with Gasteiger partial charge in [-0.3, -0.25) is 4.90 Å². The summed E-state index contributed by atoms with van der Waals surface area (Å²) in [6.07, 6.45) is 3.97. The van der Waals surface area contributed by atoms with Crippen molar-refractivity contribution in [2.45, 2.75) is 39.7 Å². The molecule has 1 heterocycles. The fourth-order valence-electron chi connectivity index (χ4n) is 2.12. The lowest BCUT2D eigenvalue weighted by molar-refractivity contribution is 0.265. The van der Waals surface area contributed by atoms with Crippen molar-refractivity contribution in [3.8, 4) is 0 Å². The van der Waals surface area contributed by atoms with Crippen molar-refractivity contribution in [1.29, 1.82) is 0 Å². The summed E-state index contributed by atoms with van der Waals surface area (Å²) in [4.78, 5) is 7.18. The van der Waals surface area contributed by atoms with Gasteiger partial charge in [0.25, 0.3) is 0 Å². The number of rotatable bonds is 8. The summed E-state index contributed by atoms with van der Waals surface area (Å²) in [7, 11) is 0. The SMILES string of the molecule is CCCNc1cccc(CN(CC)CC2CC2)n1. The lowest BCUT2D eigenvalue weighted by Crippen LogP contribution is -2.25. The van der Waals surface area contributed by atoms with Gasteiger partial charge in [-0.25, -0.2) is 4.98 Å². The summed E-state index contributed by atoms with van der Waals surface area (Å²) >= 11 is 0. The van der Waals surface area contributed by atoms with Gasteiger partial charge in [-0.05, 0) is 43.9 Å². The van der Waals surface area contributed by atoms with Crippen LogP contribution in [-0.2, 0) is 6.54 Å². The van der Waals surface area contributed by atoms with Gasteiger partial charge in [-0.2, -0.15) is 0 Å². The molecule has 0 spiro atoms. The first-order valence-corrected chi connectivity index (χ1v) is 7.24. The molecule has 1 aromatic rings. The van der Waals surface area contributed by atoms with E-state index in [1.165, 1.54) is 25.1 Å². The van der Waals surface area contributed by atoms with Crippen molar-refractivity contribution in [1.82, 2.24) is 9.88 Å². The molecule has 0 amide bonds. The third-order valence-corrected chi connectivity index (χ3v) is 3.41. The first-order chi connectivity index (χ1) is 8.81. The molecule has 0 aromatic carbocycles. The van der Waals surface area contributed by atoms with Gasteiger partial charge < -0.3 is 5.32 Å². The van der Waals surface area contributed by atoms with E-state index in [9.17, 15) is 0 Å². The van der Waals surface area contributed by atoms with Crippen LogP contribution in [0.2, 0.25) is 0 Å². The van der Waals surface area contributed by atoms with Crippen molar-refractivity contribution in [3.63, 3.8) is 0 Å². The van der Waals surface area contributed by atoms with Gasteiger partial charge in [0, 0.05) is 19.6 Å². The zero-order valence-corrected chi connectivity index (χ0v) is 11.7. The normalized spacial score (nSPS) is 15.1. The van der Waals surface area contributed by atoms with Crippen LogP contribution < -0.4 is 5.32 Å². The van der Waals surface area contributed by atoms with E-state index in [2.05, 4.69) is 47.2 Å². The second kappa shape index (κ2) is 6.74. The molecule has 0 atom stereocenters. The van der Waals surface area contributed by atoms with Crippen LogP contribution in [-0.4, -0.2) is 29.5 Å². The molecule has 0 aliphatic heterocycles. The maximum Gasteiger partial charge on any atom is 0.126 e. The highest BCUT2D eigenvalue weighted by Crippen LogP contribution is 2.30. The van der Waals surface area contributed by atoms with Crippen LogP contribution in [0.3, 0.4) is 0 Å². The van der Waals surface area contributed by atoms with E-state index in [-0.39, 0.29) is 0 Å². The van der Waals surface area contributed by atoms with Crippen molar-refractivity contribution >= 4 is 5.82 Å². The summed E-state index contributed by atoms with van der Waals surface area (Å²) in [5.41, 5.74) is 1.18. The molecule has 0 bridgehead atoms. The quantitative estimate of drug-likeness (QED) is 0.765. The van der Waals surface area contributed by atoms with Gasteiger partial charge in [0.1, 0.15) is 5.82 Å². The minimum absolute atomic E-state index is 0.950. The Balaban J connectivity index is 1.89. The van der Waals surface area contributed by atoms with Gasteiger partial charge in [0.05, 0.1) is 5.69 Å². The topological polar surface area (TPSA) is 28.2 Å². The number of aromatic nitrogens is 1. The molecule has 100 valence electrons. The molecule has 1 aliphatic rings. The zero-order valence-electron chi connectivity index (χ0n) is 11.7. The van der Waals surface area contributed by atoms with Crippen LogP contribution >= 0.6 is 0 Å². The van der Waals surface area contributed by atoms with E-state index in [0.717, 1.165) is 37.8 Å². The smallest absolute Gasteiger partial charge is 0.126 e. The van der Waals surface area contributed by atoms with Gasteiger partial charge in [0.15, 0.2) is 0 Å². The summed E-state index contributed by atoms with van der Waals surface area (Å²) in [6.45, 7) is 8.74. The molecule has 1 saturated carbocycles. The largest absolute Gasteiger partial charge is 0.370 e. The predicted octanol–water partition coefficient (Wildman–Crippen LogP) is 3.14. The first-order valence-electron chi connectivity index (χ1n) is 7.24. The number of hydrogen-bond donors (Lipinski definition) is 1. The van der Waals surface area contributed by atoms with Gasteiger partial charge in [-0.15, -0.1) is 0 Å². The first kappa shape index (κ1) is 13.3. The lowest BCUT2D eigenvalue weighted by atomic mass is 10.3. The van der Waals surface area contributed by atoms with E-state index >= 15 is 0 Å². The molecule has 3 nitrogen and oxygen atoms in total. The minimum Gasteiger partial charge on any atom is -0.370 e. The third kappa shape index (κ3) is 4.30. The third-order valence-electron chi connectivity index (χ3n) is 3.41. The fourth-order valence-corrected chi connectivity index (χ4v) is 2.12. The van der Waals surface area contributed by atoms with Crippen LogP contribution in [0.15, 0.2) is 18.2 Å². The lowest BCUT2D eigenvalue weighted by Gasteiger charge is -2.19. The Hall–Kier alpha value is -1.09. The summed E-state index contributed by atoms with van der Waals surface area (Å²) < 4.78 is 0. The van der Waals surface area contributed by atoms with Gasteiger partial charge in [-0.1, -0.05) is 19.9 Å². The van der Waals surface area contributed by atoms with Crippen molar-refractivity contribution in [2.24, 2.45) is 5.92 Å². The molecule has 0 radical (unpaired) electrons. The Bertz CT molecular complexity index is 361. The highest BCUT2D eigenvalue weighted by molar-refractivity contribution is 5.35. The molecule has 1 N–H and O–H groups in total. The molecule has 1 fully saturated rings. The number of nitrogens with one attached hydrogen (secondary N) is 1. The average Bonchev–Trinajstić information content (AvgIpc) is 3.20. The van der Waals surface area contributed by atoms with Crippen LogP contribution in [0.25, 0.3) is 0 Å². The molecule has 2 rings (SSSR count). The second-order valence-corrected chi connectivity index (χ2v) is 5.21. The number of nitrogens with zero attached hydrogens (tertiary/aromatic N) is 2. The summed E-state index contributed by atoms with van der Waals surface area (Å²) in [5.74, 6) is 1.96. The van der Waals surface area contributed by atoms with Crippen molar-refractivity contribution in [2.75, 3.05) is 25.0 Å². The fraction of sp³-hybridized carbons (Fsp3) is 0.667. The Labute approximate surface area is 111 Å². The second-order valence-electron chi connectivity index (χ2n) is 5.21. The van der Waals surface area contributed by atoms with Crippen molar-refractivity contribution in [3.05, 3.63) is 23.9 Å². The maximum atomic E-state index is 4.67. The molecular formula is C15H25N3. The molecule has 0 saturated heterocycles. The number of anilines is 1. The highest BCUT2D eigenvalue weighted by atomic mass is 15.1. The Morgan fingerprint density at radius 3 is 2.83 bits per heavy atom. The van der Waals surface area contributed by atoms with Crippen LogP contribution in [0.5, 0.6) is 0 Å². The Morgan fingerprint density at radius 1 is 1.33 bits per heavy atom. The van der Waals surface area contributed by atoms with E-state index in [1.54, 1.807) is 0 Å². The van der Waals surface area contributed by atoms with Crippen LogP contribution in [0.1, 0.15) is 38.8 Å². The van der Waals surface area contributed by atoms with E-state index in [4.69, 9.17) is 0 Å². The Kier molecular flexibility index (Phi) is 5.00. The minimum atomic E-state index is 0.950. The Morgan fingerprint density at radius 2 is 2.17 bits per heavy atom. The van der Waals surface area contributed by atoms with E-state index < -0.39 is 0 Å². The average molecular weight is 247 g/mol. The van der Waals surface area contributed by atoms with Crippen LogP contribution in [0.4, 0.5) is 5.82 Å². The number of pyridine rings is 1. The maximum absolute atomic E-state index is 4.67. The zero-order chi connectivity index (χ0) is 12.8. The van der Waals surface area contributed by atoms with Crippen LogP contribution in [0, 0.1) is 5.92 Å². The molecule has 0 unspecified atom stereocenters. The molecule has 1 aromatic heterocycles. The summed E-state index contributed by atoms with van der Waals surface area (Å²) in [5, 5.41) is 3.35. The molecular weight excluding hydrogens is 222 g/mol. The van der Waals surface area contributed by atoms with Gasteiger partial charge >= 0.3 is 0 Å². The van der Waals surface area contributed by atoms with Crippen molar-refractivity contribution < 1.29 is 0 Å². The number of hydrogen-bond acceptors (Lipinski definition) is 3. The standard InChI is InChI=1S/C15H25N3/c1-3-10-16-15-7-5-6-14(17-15)12-18(4-2)11-13-8-9-13/h5-7,13H,3-4,8-12H2,1-2H3,(H,16,17). The highest BCUT2D eigenvalue weighted by Gasteiger charge is 2.23. The predicted molar refractivity (Wildman–Crippen MR) is 76.7 cm³/mol. The molecule has 18 heavy (non-hydrogen) atoms. The summed E-state index contributed by atoms with van der Waals surface area (Å²) in [6, 6.07) is 6.29. The van der Waals surface area contributed by atoms with E-state index in [1.807, 2.05) is 0 Å². The molecule has 3 heteroatoms. The van der Waals surface area contributed by atoms with Gasteiger partial charge in [0.2, 0.25) is 0 Å².